The predicted octanol–water partition coefficient (Wildman–Crippen LogP) is 3.62. The first kappa shape index (κ1) is 13.3. The van der Waals surface area contributed by atoms with Gasteiger partial charge in [-0.25, -0.2) is 4.39 Å². The first-order chi connectivity index (χ1) is 8.68. The first-order valence-corrected chi connectivity index (χ1v) is 6.98. The van der Waals surface area contributed by atoms with Crippen LogP contribution in [0, 0.1) is 5.82 Å². The van der Waals surface area contributed by atoms with Gasteiger partial charge in [0.05, 0.1) is 5.69 Å². The molecule has 18 heavy (non-hydrogen) atoms. The number of halogens is 1. The normalized spacial score (nSPS) is 19.2. The van der Waals surface area contributed by atoms with Crippen molar-refractivity contribution in [3.63, 3.8) is 0 Å². The van der Waals surface area contributed by atoms with Crippen molar-refractivity contribution in [3.05, 3.63) is 29.6 Å². The average Bonchev–Trinajstić information content (AvgIpc) is 2.29. The number of nitrogens with two attached hydrogens (primary N) is 1. The lowest BCUT2D eigenvalue weighted by Crippen LogP contribution is -2.28. The van der Waals surface area contributed by atoms with E-state index in [4.69, 9.17) is 5.73 Å². The van der Waals surface area contributed by atoms with Crippen LogP contribution >= 0.6 is 0 Å². The molecule has 0 amide bonds. The van der Waals surface area contributed by atoms with Gasteiger partial charge in [-0.05, 0) is 37.5 Å². The summed E-state index contributed by atoms with van der Waals surface area (Å²) in [5, 5.41) is 0. The second-order valence-electron chi connectivity index (χ2n) is 5.25. The second-order valence-corrected chi connectivity index (χ2v) is 5.25. The van der Waals surface area contributed by atoms with Gasteiger partial charge in [0.2, 0.25) is 0 Å². The SMILES string of the molecule is C[C@@H](N)c1ccc(N2CCCCCCC2)c(F)c1. The molecule has 1 heterocycles. The lowest BCUT2D eigenvalue weighted by molar-refractivity contribution is 0.544. The van der Waals surface area contributed by atoms with Crippen LogP contribution in [0.4, 0.5) is 10.1 Å². The van der Waals surface area contributed by atoms with Crippen LogP contribution in [-0.2, 0) is 0 Å². The van der Waals surface area contributed by atoms with Crippen molar-refractivity contribution >= 4 is 5.69 Å². The molecule has 0 spiro atoms. The highest BCUT2D eigenvalue weighted by Crippen LogP contribution is 2.25. The Kier molecular flexibility index (Phi) is 4.59. The van der Waals surface area contributed by atoms with Gasteiger partial charge in [-0.2, -0.15) is 0 Å². The molecule has 3 heteroatoms. The minimum atomic E-state index is -0.134. The molecule has 2 nitrogen and oxygen atoms in total. The van der Waals surface area contributed by atoms with E-state index in [1.807, 2.05) is 19.1 Å². The highest BCUT2D eigenvalue weighted by molar-refractivity contribution is 5.49. The summed E-state index contributed by atoms with van der Waals surface area (Å²) in [6.07, 6.45) is 6.16. The summed E-state index contributed by atoms with van der Waals surface area (Å²) in [6.45, 7) is 3.81. The zero-order valence-electron chi connectivity index (χ0n) is 11.2. The van der Waals surface area contributed by atoms with Crippen LogP contribution in [0.5, 0.6) is 0 Å². The van der Waals surface area contributed by atoms with Gasteiger partial charge < -0.3 is 10.6 Å². The van der Waals surface area contributed by atoms with Crippen LogP contribution in [0.3, 0.4) is 0 Å². The van der Waals surface area contributed by atoms with Gasteiger partial charge in [0.15, 0.2) is 0 Å². The highest BCUT2D eigenvalue weighted by Gasteiger charge is 2.14. The van der Waals surface area contributed by atoms with Gasteiger partial charge >= 0.3 is 0 Å². The smallest absolute Gasteiger partial charge is 0.146 e. The number of hydrogen-bond acceptors (Lipinski definition) is 2. The molecule has 1 aliphatic rings. The second kappa shape index (κ2) is 6.19. The number of benzene rings is 1. The molecular weight excluding hydrogens is 227 g/mol. The van der Waals surface area contributed by atoms with E-state index in [2.05, 4.69) is 4.90 Å². The summed E-state index contributed by atoms with van der Waals surface area (Å²) in [5.41, 5.74) is 7.38. The Hall–Kier alpha value is -1.09. The number of rotatable bonds is 2. The number of nitrogens with zero attached hydrogens (tertiary/aromatic N) is 1. The molecule has 1 atom stereocenters. The Balaban J connectivity index is 2.15. The molecule has 0 bridgehead atoms. The van der Waals surface area contributed by atoms with E-state index in [0.29, 0.717) is 0 Å². The van der Waals surface area contributed by atoms with Gasteiger partial charge in [0, 0.05) is 19.1 Å². The van der Waals surface area contributed by atoms with Crippen molar-refractivity contribution in [2.45, 2.75) is 45.1 Å². The highest BCUT2D eigenvalue weighted by atomic mass is 19.1. The molecule has 1 saturated heterocycles. The summed E-state index contributed by atoms with van der Waals surface area (Å²) >= 11 is 0. The lowest BCUT2D eigenvalue weighted by Gasteiger charge is -2.27. The van der Waals surface area contributed by atoms with Crippen LogP contribution in [-0.4, -0.2) is 13.1 Å². The predicted molar refractivity (Wildman–Crippen MR) is 74.3 cm³/mol. The summed E-state index contributed by atoms with van der Waals surface area (Å²) < 4.78 is 14.1. The van der Waals surface area contributed by atoms with Crippen LogP contribution in [0.25, 0.3) is 0 Å². The Labute approximate surface area is 109 Å². The van der Waals surface area contributed by atoms with Gasteiger partial charge in [-0.3, -0.25) is 0 Å². The quantitative estimate of drug-likeness (QED) is 0.868. The van der Waals surface area contributed by atoms with Crippen LogP contribution in [0.1, 0.15) is 50.6 Å². The lowest BCUT2D eigenvalue weighted by atomic mass is 10.1. The third kappa shape index (κ3) is 3.22. The molecule has 2 rings (SSSR count). The van der Waals surface area contributed by atoms with E-state index >= 15 is 0 Å². The first-order valence-electron chi connectivity index (χ1n) is 6.98. The zero-order chi connectivity index (χ0) is 13.0. The maximum Gasteiger partial charge on any atom is 0.146 e. The van der Waals surface area contributed by atoms with E-state index in [1.165, 1.54) is 19.3 Å². The third-order valence-corrected chi connectivity index (χ3v) is 3.69. The van der Waals surface area contributed by atoms with Gasteiger partial charge in [-0.15, -0.1) is 0 Å². The molecule has 1 fully saturated rings. The van der Waals surface area contributed by atoms with Crippen molar-refractivity contribution in [2.24, 2.45) is 5.73 Å². The molecule has 1 aliphatic heterocycles. The van der Waals surface area contributed by atoms with Crippen molar-refractivity contribution in [1.82, 2.24) is 0 Å². The number of anilines is 1. The molecule has 2 N–H and O–H groups in total. The van der Waals surface area contributed by atoms with Gasteiger partial charge in [-0.1, -0.05) is 25.3 Å². The third-order valence-electron chi connectivity index (χ3n) is 3.69. The molecule has 1 aromatic carbocycles. The van der Waals surface area contributed by atoms with Crippen LogP contribution in [0.2, 0.25) is 0 Å². The van der Waals surface area contributed by atoms with E-state index in [1.54, 1.807) is 6.07 Å². The van der Waals surface area contributed by atoms with Crippen LogP contribution < -0.4 is 10.6 Å². The van der Waals surface area contributed by atoms with Crippen molar-refractivity contribution in [1.29, 1.82) is 0 Å². The van der Waals surface area contributed by atoms with Crippen LogP contribution in [0.15, 0.2) is 18.2 Å². The largest absolute Gasteiger partial charge is 0.369 e. The topological polar surface area (TPSA) is 29.3 Å². The Morgan fingerprint density at radius 1 is 1.11 bits per heavy atom. The molecular formula is C15H23FN2. The molecule has 0 saturated carbocycles. The summed E-state index contributed by atoms with van der Waals surface area (Å²) in [5.74, 6) is -0.134. The van der Waals surface area contributed by atoms with Crippen molar-refractivity contribution < 1.29 is 4.39 Å². The maximum atomic E-state index is 14.1. The number of hydrogen-bond donors (Lipinski definition) is 1. The fourth-order valence-electron chi connectivity index (χ4n) is 2.55. The summed E-state index contributed by atoms with van der Waals surface area (Å²) in [6, 6.07) is 5.30. The summed E-state index contributed by atoms with van der Waals surface area (Å²) in [4.78, 5) is 2.18. The average molecular weight is 250 g/mol. The standard InChI is InChI=1S/C15H23FN2/c1-12(17)13-7-8-15(14(16)11-13)18-9-5-3-2-4-6-10-18/h7-8,11-12H,2-6,9-10,17H2,1H3/t12-/m1/s1. The van der Waals surface area contributed by atoms with E-state index in [9.17, 15) is 4.39 Å². The fourth-order valence-corrected chi connectivity index (χ4v) is 2.55. The maximum absolute atomic E-state index is 14.1. The Bertz CT molecular complexity index is 382. The van der Waals surface area contributed by atoms with Gasteiger partial charge in [0.1, 0.15) is 5.82 Å². The molecule has 100 valence electrons. The summed E-state index contributed by atoms with van der Waals surface area (Å²) in [7, 11) is 0. The Morgan fingerprint density at radius 3 is 2.28 bits per heavy atom. The monoisotopic (exact) mass is 250 g/mol. The van der Waals surface area contributed by atoms with Gasteiger partial charge in [0.25, 0.3) is 0 Å². The zero-order valence-corrected chi connectivity index (χ0v) is 11.2. The van der Waals surface area contributed by atoms with E-state index in [-0.39, 0.29) is 11.9 Å². The Morgan fingerprint density at radius 2 is 1.72 bits per heavy atom. The van der Waals surface area contributed by atoms with Crippen molar-refractivity contribution in [3.8, 4) is 0 Å². The molecule has 0 unspecified atom stereocenters. The molecule has 1 aromatic rings. The van der Waals surface area contributed by atoms with E-state index < -0.39 is 0 Å². The van der Waals surface area contributed by atoms with E-state index in [0.717, 1.165) is 37.2 Å². The molecule has 0 aliphatic carbocycles. The molecule has 0 radical (unpaired) electrons. The van der Waals surface area contributed by atoms with Crippen molar-refractivity contribution in [2.75, 3.05) is 18.0 Å². The fraction of sp³-hybridized carbons (Fsp3) is 0.600. The minimum Gasteiger partial charge on any atom is -0.369 e. The minimum absolute atomic E-state index is 0.110. The molecule has 0 aromatic heterocycles.